The van der Waals surface area contributed by atoms with Crippen molar-refractivity contribution in [3.05, 3.63) is 87.6 Å². The maximum Gasteiger partial charge on any atom is 0.416 e. The van der Waals surface area contributed by atoms with Gasteiger partial charge in [0, 0.05) is 5.02 Å². The third-order valence-electron chi connectivity index (χ3n) is 5.30. The van der Waals surface area contributed by atoms with Crippen LogP contribution in [-0.4, -0.2) is 25.2 Å². The molecule has 2 aromatic heterocycles. The predicted molar refractivity (Wildman–Crippen MR) is 121 cm³/mol. The van der Waals surface area contributed by atoms with E-state index in [0.29, 0.717) is 11.4 Å². The van der Waals surface area contributed by atoms with Gasteiger partial charge < -0.3 is 5.32 Å². The zero-order chi connectivity index (χ0) is 24.5. The topological polar surface area (TPSA) is 81.8 Å². The standard InChI is InChI=1S/C23H19ClF3N5O2/c1-2-19(14-6-8-16(24)9-7-14)30-20(33)12-31-13-28-21-18(22(31)34)11-29-32(21)17-5-3-4-15(10-17)23(25,26)27/h3-11,13,19H,2,12H2,1H3,(H,30,33). The van der Waals surface area contributed by atoms with Crippen molar-refractivity contribution < 1.29 is 18.0 Å². The molecule has 11 heteroatoms. The fourth-order valence-electron chi connectivity index (χ4n) is 3.58. The number of halogens is 4. The lowest BCUT2D eigenvalue weighted by molar-refractivity contribution is -0.137. The van der Waals surface area contributed by atoms with Gasteiger partial charge in [-0.1, -0.05) is 36.7 Å². The van der Waals surface area contributed by atoms with Crippen LogP contribution in [0.25, 0.3) is 16.7 Å². The smallest absolute Gasteiger partial charge is 0.348 e. The second-order valence-electron chi connectivity index (χ2n) is 7.60. The zero-order valence-electron chi connectivity index (χ0n) is 17.9. The van der Waals surface area contributed by atoms with E-state index in [2.05, 4.69) is 15.4 Å². The molecule has 4 aromatic rings. The average molecular weight is 490 g/mol. The molecule has 176 valence electrons. The first-order valence-electron chi connectivity index (χ1n) is 10.3. The Morgan fingerprint density at radius 1 is 1.18 bits per heavy atom. The van der Waals surface area contributed by atoms with E-state index >= 15 is 0 Å². The maximum absolute atomic E-state index is 13.1. The molecular formula is C23H19ClF3N5O2. The van der Waals surface area contributed by atoms with E-state index in [1.54, 1.807) is 12.1 Å². The van der Waals surface area contributed by atoms with Crippen molar-refractivity contribution >= 4 is 28.5 Å². The number of hydrogen-bond donors (Lipinski definition) is 1. The minimum atomic E-state index is -4.52. The van der Waals surface area contributed by atoms with Gasteiger partial charge in [0.1, 0.15) is 18.3 Å². The summed E-state index contributed by atoms with van der Waals surface area (Å²) < 4.78 is 41.5. The molecule has 0 bridgehead atoms. The van der Waals surface area contributed by atoms with Crippen LogP contribution in [0, 0.1) is 0 Å². The summed E-state index contributed by atoms with van der Waals surface area (Å²) in [6.45, 7) is 1.64. The first kappa shape index (κ1) is 23.5. The molecule has 7 nitrogen and oxygen atoms in total. The number of hydrogen-bond acceptors (Lipinski definition) is 4. The average Bonchev–Trinajstić information content (AvgIpc) is 3.24. The highest BCUT2D eigenvalue weighted by molar-refractivity contribution is 6.30. The summed E-state index contributed by atoms with van der Waals surface area (Å²) in [7, 11) is 0. The van der Waals surface area contributed by atoms with Crippen LogP contribution in [0.2, 0.25) is 5.02 Å². The van der Waals surface area contributed by atoms with Crippen molar-refractivity contribution in [2.75, 3.05) is 0 Å². The zero-order valence-corrected chi connectivity index (χ0v) is 18.6. The van der Waals surface area contributed by atoms with Crippen molar-refractivity contribution in [2.45, 2.75) is 32.1 Å². The summed E-state index contributed by atoms with van der Waals surface area (Å²) in [5.74, 6) is -0.393. The van der Waals surface area contributed by atoms with E-state index in [9.17, 15) is 22.8 Å². The van der Waals surface area contributed by atoms with Gasteiger partial charge in [-0.25, -0.2) is 9.67 Å². The Balaban J connectivity index is 1.57. The summed E-state index contributed by atoms with van der Waals surface area (Å²) >= 11 is 5.92. The molecule has 0 spiro atoms. The minimum absolute atomic E-state index is 0.0810. The van der Waals surface area contributed by atoms with Gasteiger partial charge in [0.05, 0.1) is 23.5 Å². The Kier molecular flexibility index (Phi) is 6.43. The van der Waals surface area contributed by atoms with Gasteiger partial charge in [0.25, 0.3) is 5.56 Å². The highest BCUT2D eigenvalue weighted by Crippen LogP contribution is 2.30. The van der Waals surface area contributed by atoms with E-state index in [1.807, 2.05) is 19.1 Å². The fraction of sp³-hybridized carbons (Fsp3) is 0.217. The number of nitrogens with zero attached hydrogens (tertiary/aromatic N) is 4. The largest absolute Gasteiger partial charge is 0.416 e. The van der Waals surface area contributed by atoms with Crippen LogP contribution in [0.5, 0.6) is 0 Å². The van der Waals surface area contributed by atoms with Gasteiger partial charge in [-0.15, -0.1) is 0 Å². The van der Waals surface area contributed by atoms with Crippen LogP contribution in [0.1, 0.15) is 30.5 Å². The maximum atomic E-state index is 13.1. The number of amides is 1. The lowest BCUT2D eigenvalue weighted by atomic mass is 10.0. The summed E-state index contributed by atoms with van der Waals surface area (Å²) in [5.41, 5.74) is -0.291. The monoisotopic (exact) mass is 489 g/mol. The molecule has 2 aromatic carbocycles. The van der Waals surface area contributed by atoms with E-state index < -0.39 is 23.2 Å². The van der Waals surface area contributed by atoms with Crippen LogP contribution in [0.3, 0.4) is 0 Å². The second kappa shape index (κ2) is 9.30. The van der Waals surface area contributed by atoms with Crippen molar-refractivity contribution in [2.24, 2.45) is 0 Å². The van der Waals surface area contributed by atoms with E-state index in [0.717, 1.165) is 26.9 Å². The quantitative estimate of drug-likeness (QED) is 0.431. The summed E-state index contributed by atoms with van der Waals surface area (Å²) in [6.07, 6.45) is -1.49. The van der Waals surface area contributed by atoms with Gasteiger partial charge in [0.2, 0.25) is 5.91 Å². The molecule has 34 heavy (non-hydrogen) atoms. The Hall–Kier alpha value is -3.66. The van der Waals surface area contributed by atoms with Gasteiger partial charge in [-0.05, 0) is 42.3 Å². The Labute approximate surface area is 196 Å². The molecule has 1 unspecified atom stereocenters. The van der Waals surface area contributed by atoms with Crippen molar-refractivity contribution in [3.8, 4) is 5.69 Å². The third-order valence-corrected chi connectivity index (χ3v) is 5.55. The minimum Gasteiger partial charge on any atom is -0.348 e. The summed E-state index contributed by atoms with van der Waals surface area (Å²) in [6, 6.07) is 11.4. The SMILES string of the molecule is CCC(NC(=O)Cn1cnc2c(cnn2-c2cccc(C(F)(F)F)c2)c1=O)c1ccc(Cl)cc1. The number of nitrogens with one attached hydrogen (secondary N) is 1. The van der Waals surface area contributed by atoms with Gasteiger partial charge in [0.15, 0.2) is 5.65 Å². The number of aromatic nitrogens is 4. The van der Waals surface area contributed by atoms with Gasteiger partial charge >= 0.3 is 6.18 Å². The lowest BCUT2D eigenvalue weighted by Crippen LogP contribution is -2.34. The number of rotatable bonds is 6. The number of alkyl halides is 3. The van der Waals surface area contributed by atoms with Crippen LogP contribution >= 0.6 is 11.6 Å². The van der Waals surface area contributed by atoms with Crippen LogP contribution in [0.15, 0.2) is 65.8 Å². The molecule has 0 radical (unpaired) electrons. The molecule has 0 aliphatic rings. The Morgan fingerprint density at radius 3 is 2.59 bits per heavy atom. The molecule has 1 N–H and O–H groups in total. The first-order chi connectivity index (χ1) is 16.2. The molecule has 1 atom stereocenters. The highest BCUT2D eigenvalue weighted by atomic mass is 35.5. The molecule has 0 fully saturated rings. The molecule has 0 aliphatic carbocycles. The van der Waals surface area contributed by atoms with E-state index in [4.69, 9.17) is 11.6 Å². The lowest BCUT2D eigenvalue weighted by Gasteiger charge is -2.18. The van der Waals surface area contributed by atoms with Crippen molar-refractivity contribution in [1.29, 1.82) is 0 Å². The molecular weight excluding hydrogens is 471 g/mol. The molecule has 0 aliphatic heterocycles. The summed E-state index contributed by atoms with van der Waals surface area (Å²) in [5, 5.41) is 7.59. The number of benzene rings is 2. The first-order valence-corrected chi connectivity index (χ1v) is 10.7. The van der Waals surface area contributed by atoms with E-state index in [-0.39, 0.29) is 29.3 Å². The van der Waals surface area contributed by atoms with Crippen molar-refractivity contribution in [1.82, 2.24) is 24.6 Å². The number of fused-ring (bicyclic) bond motifs is 1. The van der Waals surface area contributed by atoms with Crippen LogP contribution in [-0.2, 0) is 17.5 Å². The second-order valence-corrected chi connectivity index (χ2v) is 8.04. The third kappa shape index (κ3) is 4.81. The molecule has 1 amide bonds. The molecule has 0 saturated heterocycles. The normalized spacial score (nSPS) is 12.6. The van der Waals surface area contributed by atoms with E-state index in [1.165, 1.54) is 24.7 Å². The molecule has 0 saturated carbocycles. The number of carbonyl (C=O) groups excluding carboxylic acids is 1. The van der Waals surface area contributed by atoms with Crippen LogP contribution < -0.4 is 10.9 Å². The Bertz CT molecular complexity index is 1400. The molecule has 4 rings (SSSR count). The van der Waals surface area contributed by atoms with Crippen molar-refractivity contribution in [3.63, 3.8) is 0 Å². The van der Waals surface area contributed by atoms with Gasteiger partial charge in [-0.2, -0.15) is 18.3 Å². The summed E-state index contributed by atoms with van der Waals surface area (Å²) in [4.78, 5) is 29.7. The number of carbonyl (C=O) groups is 1. The highest BCUT2D eigenvalue weighted by Gasteiger charge is 2.30. The fourth-order valence-corrected chi connectivity index (χ4v) is 3.70. The van der Waals surface area contributed by atoms with Crippen LogP contribution in [0.4, 0.5) is 13.2 Å². The molecule has 2 heterocycles. The Morgan fingerprint density at radius 2 is 1.91 bits per heavy atom. The predicted octanol–water partition coefficient (Wildman–Crippen LogP) is 4.52. The van der Waals surface area contributed by atoms with Gasteiger partial charge in [-0.3, -0.25) is 14.2 Å².